The molecule has 1 N–H and O–H groups in total. The van der Waals surface area contributed by atoms with Crippen LogP contribution in [0.15, 0.2) is 6.33 Å². The summed E-state index contributed by atoms with van der Waals surface area (Å²) in [6.07, 6.45) is 2.65. The molecule has 0 aliphatic carbocycles. The monoisotopic (exact) mass is 307 g/mol. The molecule has 0 aromatic carbocycles. The summed E-state index contributed by atoms with van der Waals surface area (Å²) in [5.41, 5.74) is 0.932. The maximum absolute atomic E-state index is 5.05. The Balaban J connectivity index is 2.78. The van der Waals surface area contributed by atoms with E-state index in [1.807, 2.05) is 0 Å². The smallest absolute Gasteiger partial charge is 0.143 e. The minimum absolute atomic E-state index is 0.529. The highest BCUT2D eigenvalue weighted by Crippen LogP contribution is 2.18. The van der Waals surface area contributed by atoms with Gasteiger partial charge in [-0.25, -0.2) is 9.97 Å². The average molecular weight is 307 g/mol. The second-order valence-electron chi connectivity index (χ2n) is 2.84. The van der Waals surface area contributed by atoms with Gasteiger partial charge >= 0.3 is 0 Å². The first-order valence-electron chi connectivity index (χ1n) is 4.51. The number of aromatic nitrogens is 2. The fourth-order valence-electron chi connectivity index (χ4n) is 1.01. The zero-order valence-corrected chi connectivity index (χ0v) is 10.5. The third kappa shape index (κ3) is 3.06. The molecule has 0 bridgehead atoms. The van der Waals surface area contributed by atoms with Gasteiger partial charge in [-0.3, -0.25) is 0 Å². The van der Waals surface area contributed by atoms with E-state index in [0.717, 1.165) is 28.0 Å². The quantitative estimate of drug-likeness (QED) is 0.846. The summed E-state index contributed by atoms with van der Waals surface area (Å²) >= 11 is 2.24. The van der Waals surface area contributed by atoms with Crippen LogP contribution in [0.5, 0.6) is 0 Å². The van der Waals surface area contributed by atoms with E-state index in [2.05, 4.69) is 44.8 Å². The van der Waals surface area contributed by atoms with Gasteiger partial charge in [0.1, 0.15) is 12.1 Å². The predicted molar refractivity (Wildman–Crippen MR) is 64.2 cm³/mol. The summed E-state index contributed by atoms with van der Waals surface area (Å²) < 4.78 is 6.09. The van der Waals surface area contributed by atoms with Gasteiger partial charge in [-0.1, -0.05) is 6.92 Å². The molecule has 1 heterocycles. The summed E-state index contributed by atoms with van der Waals surface area (Å²) in [5, 5.41) is 3.25. The average Bonchev–Trinajstić information content (AvgIpc) is 2.20. The van der Waals surface area contributed by atoms with Crippen molar-refractivity contribution in [2.75, 3.05) is 19.0 Å². The van der Waals surface area contributed by atoms with Crippen molar-refractivity contribution in [1.29, 1.82) is 0 Å². The number of halogens is 1. The van der Waals surface area contributed by atoms with Crippen molar-refractivity contribution in [2.45, 2.75) is 20.0 Å². The fourth-order valence-corrected chi connectivity index (χ4v) is 1.64. The molecule has 0 unspecified atom stereocenters. The van der Waals surface area contributed by atoms with Gasteiger partial charge in [-0.2, -0.15) is 0 Å². The fraction of sp³-hybridized carbons (Fsp3) is 0.556. The van der Waals surface area contributed by atoms with Crippen LogP contribution >= 0.6 is 22.6 Å². The highest BCUT2D eigenvalue weighted by Gasteiger charge is 2.06. The first-order valence-corrected chi connectivity index (χ1v) is 5.59. The molecule has 0 saturated heterocycles. The Bertz CT molecular complexity index is 293. The maximum Gasteiger partial charge on any atom is 0.143 e. The molecular formula is C9H14IN3O. The molecule has 0 atom stereocenters. The number of nitrogens with zero attached hydrogens (tertiary/aromatic N) is 2. The summed E-state index contributed by atoms with van der Waals surface area (Å²) in [4.78, 5) is 8.33. The van der Waals surface area contributed by atoms with Gasteiger partial charge in [0.05, 0.1) is 15.9 Å². The Kier molecular flexibility index (Phi) is 5.10. The lowest BCUT2D eigenvalue weighted by atomic mass is 10.4. The summed E-state index contributed by atoms with van der Waals surface area (Å²) in [6, 6.07) is 0. The number of anilines is 1. The van der Waals surface area contributed by atoms with E-state index in [9.17, 15) is 0 Å². The normalized spacial score (nSPS) is 10.2. The molecule has 0 aliphatic heterocycles. The van der Waals surface area contributed by atoms with Crippen LogP contribution < -0.4 is 5.32 Å². The highest BCUT2D eigenvalue weighted by molar-refractivity contribution is 14.1. The standard InChI is InChI=1S/C9H14IN3O/c1-3-4-11-9-8(10)7(5-14-2)12-6-13-9/h6H,3-5H2,1-2H3,(H,11,12,13). The Hall–Kier alpha value is -0.430. The lowest BCUT2D eigenvalue weighted by Gasteiger charge is -2.08. The first kappa shape index (κ1) is 11.6. The Labute approximate surface area is 97.6 Å². The molecule has 1 aromatic heterocycles. The van der Waals surface area contributed by atoms with Gasteiger partial charge in [-0.15, -0.1) is 0 Å². The summed E-state index contributed by atoms with van der Waals surface area (Å²) in [5.74, 6) is 0.898. The van der Waals surface area contributed by atoms with Gasteiger partial charge in [0.15, 0.2) is 0 Å². The molecular weight excluding hydrogens is 293 g/mol. The number of hydrogen-bond acceptors (Lipinski definition) is 4. The van der Waals surface area contributed by atoms with Gasteiger partial charge in [0, 0.05) is 13.7 Å². The molecule has 0 amide bonds. The van der Waals surface area contributed by atoms with Crippen molar-refractivity contribution >= 4 is 28.4 Å². The van der Waals surface area contributed by atoms with E-state index in [-0.39, 0.29) is 0 Å². The van der Waals surface area contributed by atoms with E-state index in [1.54, 1.807) is 13.4 Å². The molecule has 1 aromatic rings. The van der Waals surface area contributed by atoms with E-state index in [1.165, 1.54) is 0 Å². The van der Waals surface area contributed by atoms with Crippen molar-refractivity contribution in [3.63, 3.8) is 0 Å². The SMILES string of the molecule is CCCNc1ncnc(COC)c1I. The molecule has 0 radical (unpaired) electrons. The van der Waals surface area contributed by atoms with Crippen LogP contribution in [-0.4, -0.2) is 23.6 Å². The van der Waals surface area contributed by atoms with Gasteiger partial charge < -0.3 is 10.1 Å². The molecule has 4 nitrogen and oxygen atoms in total. The molecule has 1 rings (SSSR count). The van der Waals surface area contributed by atoms with Crippen molar-refractivity contribution in [1.82, 2.24) is 9.97 Å². The Morgan fingerprint density at radius 1 is 1.50 bits per heavy atom. The number of ether oxygens (including phenoxy) is 1. The second-order valence-corrected chi connectivity index (χ2v) is 3.92. The van der Waals surface area contributed by atoms with E-state index < -0.39 is 0 Å². The van der Waals surface area contributed by atoms with Crippen LogP contribution in [0.3, 0.4) is 0 Å². The van der Waals surface area contributed by atoms with Crippen LogP contribution in [-0.2, 0) is 11.3 Å². The summed E-state index contributed by atoms with van der Waals surface area (Å²) in [7, 11) is 1.66. The van der Waals surface area contributed by atoms with Crippen molar-refractivity contribution < 1.29 is 4.74 Å². The Morgan fingerprint density at radius 2 is 2.29 bits per heavy atom. The van der Waals surface area contributed by atoms with Crippen molar-refractivity contribution in [3.05, 3.63) is 15.6 Å². The van der Waals surface area contributed by atoms with E-state index in [0.29, 0.717) is 6.61 Å². The molecule has 78 valence electrons. The minimum atomic E-state index is 0.529. The number of methoxy groups -OCH3 is 1. The Morgan fingerprint density at radius 3 is 2.93 bits per heavy atom. The minimum Gasteiger partial charge on any atom is -0.378 e. The predicted octanol–water partition coefficient (Wildman–Crippen LogP) is 2.05. The summed E-state index contributed by atoms with van der Waals surface area (Å²) in [6.45, 7) is 3.58. The molecule has 0 aliphatic rings. The lowest BCUT2D eigenvalue weighted by molar-refractivity contribution is 0.180. The van der Waals surface area contributed by atoms with Crippen molar-refractivity contribution in [2.24, 2.45) is 0 Å². The number of hydrogen-bond donors (Lipinski definition) is 1. The first-order chi connectivity index (χ1) is 6.79. The van der Waals surface area contributed by atoms with Crippen LogP contribution in [0.1, 0.15) is 19.0 Å². The maximum atomic E-state index is 5.05. The molecule has 5 heteroatoms. The van der Waals surface area contributed by atoms with Crippen LogP contribution in [0.2, 0.25) is 0 Å². The lowest BCUT2D eigenvalue weighted by Crippen LogP contribution is -2.07. The van der Waals surface area contributed by atoms with E-state index in [4.69, 9.17) is 4.74 Å². The molecule has 0 fully saturated rings. The highest BCUT2D eigenvalue weighted by atomic mass is 127. The second kappa shape index (κ2) is 6.13. The molecule has 14 heavy (non-hydrogen) atoms. The van der Waals surface area contributed by atoms with Gasteiger partial charge in [-0.05, 0) is 29.0 Å². The zero-order valence-electron chi connectivity index (χ0n) is 8.38. The van der Waals surface area contributed by atoms with Crippen LogP contribution in [0.25, 0.3) is 0 Å². The topological polar surface area (TPSA) is 47.0 Å². The number of rotatable bonds is 5. The van der Waals surface area contributed by atoms with Gasteiger partial charge in [0.2, 0.25) is 0 Å². The van der Waals surface area contributed by atoms with Crippen molar-refractivity contribution in [3.8, 4) is 0 Å². The molecule has 0 saturated carbocycles. The largest absolute Gasteiger partial charge is 0.378 e. The zero-order chi connectivity index (χ0) is 10.4. The third-order valence-electron chi connectivity index (χ3n) is 1.69. The van der Waals surface area contributed by atoms with Gasteiger partial charge in [0.25, 0.3) is 0 Å². The van der Waals surface area contributed by atoms with E-state index >= 15 is 0 Å². The number of nitrogens with one attached hydrogen (secondary N) is 1. The van der Waals surface area contributed by atoms with Crippen LogP contribution in [0, 0.1) is 3.57 Å². The van der Waals surface area contributed by atoms with Crippen LogP contribution in [0.4, 0.5) is 5.82 Å². The molecule has 0 spiro atoms. The third-order valence-corrected chi connectivity index (χ3v) is 2.82.